The van der Waals surface area contributed by atoms with E-state index in [0.29, 0.717) is 15.3 Å². The second-order valence-electron chi connectivity index (χ2n) is 10.8. The third kappa shape index (κ3) is 5.18. The summed E-state index contributed by atoms with van der Waals surface area (Å²) in [5.41, 5.74) is 0.803. The summed E-state index contributed by atoms with van der Waals surface area (Å²) in [6, 6.07) is 12.8. The second-order valence-corrected chi connectivity index (χ2v) is 12.7. The van der Waals surface area contributed by atoms with E-state index in [1.807, 2.05) is 33.6 Å². The molecule has 0 atom stereocenters. The molecule has 1 N–H and O–H groups in total. The Morgan fingerprint density at radius 3 is 2.56 bits per heavy atom. The minimum atomic E-state index is -1.74. The Hall–Kier alpha value is -2.92. The first kappa shape index (κ1) is 26.3. The Kier molecular flexibility index (Phi) is 7.37. The van der Waals surface area contributed by atoms with Gasteiger partial charge in [0, 0.05) is 12.1 Å². The second kappa shape index (κ2) is 10.9. The van der Waals surface area contributed by atoms with E-state index in [9.17, 15) is 14.7 Å². The number of aryl methyl sites for hydroxylation is 1. The summed E-state index contributed by atoms with van der Waals surface area (Å²) in [7, 11) is 0. The molecule has 39 heavy (non-hydrogen) atoms. The molecule has 10 heteroatoms. The number of hydrogen-bond acceptors (Lipinski definition) is 9. The van der Waals surface area contributed by atoms with Gasteiger partial charge >= 0.3 is 5.97 Å². The van der Waals surface area contributed by atoms with Gasteiger partial charge < -0.3 is 14.7 Å². The van der Waals surface area contributed by atoms with Gasteiger partial charge in [0.2, 0.25) is 5.60 Å². The molecule has 1 aromatic carbocycles. The molecule has 1 aliphatic carbocycles. The first-order valence-corrected chi connectivity index (χ1v) is 15.3. The maximum Gasteiger partial charge on any atom is 0.349 e. The molecule has 1 aliphatic heterocycles. The predicted octanol–water partition coefficient (Wildman–Crippen LogP) is 4.87. The monoisotopic (exact) mass is 564 g/mol. The van der Waals surface area contributed by atoms with Crippen LogP contribution in [-0.2, 0) is 21.7 Å². The molecule has 0 amide bonds. The van der Waals surface area contributed by atoms with Crippen molar-refractivity contribution in [2.75, 3.05) is 19.6 Å². The molecule has 6 rings (SSSR count). The SMILES string of the molecule is O=Cc1ccc2c(c1)nnn2CCCN1CCCC2(CC1)CC(OC(=O)C(O)(c1cccs1)c1cccs1)C2. The van der Waals surface area contributed by atoms with Crippen molar-refractivity contribution in [2.45, 2.75) is 56.8 Å². The maximum atomic E-state index is 13.3. The minimum Gasteiger partial charge on any atom is -0.460 e. The Bertz CT molecular complexity index is 1390. The van der Waals surface area contributed by atoms with Crippen LogP contribution in [0.4, 0.5) is 0 Å². The van der Waals surface area contributed by atoms with Crippen molar-refractivity contribution in [3.05, 3.63) is 68.5 Å². The molecule has 4 aromatic rings. The van der Waals surface area contributed by atoms with Crippen LogP contribution in [0.5, 0.6) is 0 Å². The summed E-state index contributed by atoms with van der Waals surface area (Å²) >= 11 is 2.74. The highest BCUT2D eigenvalue weighted by atomic mass is 32.1. The van der Waals surface area contributed by atoms with E-state index >= 15 is 0 Å². The Labute approximate surface area is 235 Å². The van der Waals surface area contributed by atoms with Gasteiger partial charge in [-0.25, -0.2) is 9.48 Å². The van der Waals surface area contributed by atoms with Crippen molar-refractivity contribution in [3.63, 3.8) is 0 Å². The lowest BCUT2D eigenvalue weighted by Crippen LogP contribution is -2.47. The Morgan fingerprint density at radius 1 is 1.10 bits per heavy atom. The van der Waals surface area contributed by atoms with Gasteiger partial charge in [-0.1, -0.05) is 17.3 Å². The molecule has 4 heterocycles. The van der Waals surface area contributed by atoms with E-state index in [-0.39, 0.29) is 11.5 Å². The van der Waals surface area contributed by atoms with Crippen molar-refractivity contribution >= 4 is 46.0 Å². The zero-order chi connectivity index (χ0) is 26.9. The lowest BCUT2D eigenvalue weighted by molar-refractivity contribution is -0.179. The summed E-state index contributed by atoms with van der Waals surface area (Å²) in [6.07, 6.45) is 6.77. The van der Waals surface area contributed by atoms with E-state index in [4.69, 9.17) is 4.74 Å². The number of aromatic nitrogens is 3. The fraction of sp³-hybridized carbons (Fsp3) is 0.448. The zero-order valence-electron chi connectivity index (χ0n) is 21.7. The van der Waals surface area contributed by atoms with Crippen molar-refractivity contribution in [3.8, 4) is 0 Å². The fourth-order valence-corrected chi connectivity index (χ4v) is 7.84. The van der Waals surface area contributed by atoms with Crippen LogP contribution in [0, 0.1) is 5.41 Å². The first-order chi connectivity index (χ1) is 19.0. The van der Waals surface area contributed by atoms with Gasteiger partial charge in [0.1, 0.15) is 17.9 Å². The summed E-state index contributed by atoms with van der Waals surface area (Å²) < 4.78 is 7.84. The number of aldehydes is 1. The third-order valence-electron chi connectivity index (χ3n) is 8.30. The molecule has 3 aromatic heterocycles. The number of nitrogens with zero attached hydrogens (tertiary/aromatic N) is 4. The van der Waals surface area contributed by atoms with Crippen LogP contribution in [0.15, 0.2) is 53.2 Å². The smallest absolute Gasteiger partial charge is 0.349 e. The number of aliphatic hydroxyl groups is 1. The quantitative estimate of drug-likeness (QED) is 0.229. The van der Waals surface area contributed by atoms with Crippen molar-refractivity contribution in [2.24, 2.45) is 5.41 Å². The van der Waals surface area contributed by atoms with Crippen molar-refractivity contribution < 1.29 is 19.4 Å². The molecule has 2 aliphatic rings. The number of fused-ring (bicyclic) bond motifs is 1. The largest absolute Gasteiger partial charge is 0.460 e. The molecule has 1 saturated heterocycles. The number of esters is 1. The maximum absolute atomic E-state index is 13.3. The number of ether oxygens (including phenoxy) is 1. The highest BCUT2D eigenvalue weighted by molar-refractivity contribution is 7.12. The molecular formula is C29H32N4O4S2. The minimum absolute atomic E-state index is 0.143. The summed E-state index contributed by atoms with van der Waals surface area (Å²) in [5, 5.41) is 23.7. The molecule has 0 radical (unpaired) electrons. The van der Waals surface area contributed by atoms with E-state index in [0.717, 1.165) is 82.0 Å². The standard InChI is InChI=1S/C29H32N4O4S2/c34-20-21-7-8-24-23(17-21)30-31-33(24)13-4-12-32-11-3-9-28(10-14-32)18-22(19-28)37-27(35)29(36,25-5-1-15-38-25)26-6-2-16-39-26/h1-2,5-8,15-17,20,22,36H,3-4,9-14,18-19H2. The molecule has 2 fully saturated rings. The summed E-state index contributed by atoms with van der Waals surface area (Å²) in [4.78, 5) is 28.0. The fourth-order valence-electron chi connectivity index (χ4n) is 6.13. The number of thiophene rings is 2. The molecule has 8 nitrogen and oxygen atoms in total. The van der Waals surface area contributed by atoms with Crippen LogP contribution in [-0.4, -0.2) is 63.0 Å². The highest BCUT2D eigenvalue weighted by Crippen LogP contribution is 2.51. The van der Waals surface area contributed by atoms with E-state index in [1.54, 1.807) is 24.3 Å². The van der Waals surface area contributed by atoms with Gasteiger partial charge in [-0.15, -0.1) is 27.8 Å². The normalized spacial score (nSPS) is 22.0. The van der Waals surface area contributed by atoms with Gasteiger partial charge in [-0.3, -0.25) is 4.79 Å². The number of rotatable bonds is 9. The molecule has 204 valence electrons. The van der Waals surface area contributed by atoms with Crippen molar-refractivity contribution in [1.82, 2.24) is 19.9 Å². The summed E-state index contributed by atoms with van der Waals surface area (Å²) in [5.74, 6) is -0.564. The lowest BCUT2D eigenvalue weighted by Gasteiger charge is -2.47. The molecule has 1 saturated carbocycles. The van der Waals surface area contributed by atoms with Crippen LogP contribution in [0.2, 0.25) is 0 Å². The number of carbonyl (C=O) groups is 2. The zero-order valence-corrected chi connectivity index (χ0v) is 23.3. The molecule has 0 unspecified atom stereocenters. The van der Waals surface area contributed by atoms with E-state index in [2.05, 4.69) is 15.2 Å². The number of hydrogen-bond donors (Lipinski definition) is 1. The van der Waals surface area contributed by atoms with Gasteiger partial charge in [-0.2, -0.15) is 0 Å². The summed E-state index contributed by atoms with van der Waals surface area (Å²) in [6.45, 7) is 3.89. The Balaban J connectivity index is 0.998. The number of benzene rings is 1. The van der Waals surface area contributed by atoms with Crippen LogP contribution in [0.1, 0.15) is 58.6 Å². The van der Waals surface area contributed by atoms with Crippen LogP contribution in [0.25, 0.3) is 11.0 Å². The van der Waals surface area contributed by atoms with Gasteiger partial charge in [0.15, 0.2) is 0 Å². The van der Waals surface area contributed by atoms with Crippen LogP contribution in [0.3, 0.4) is 0 Å². The predicted molar refractivity (Wildman–Crippen MR) is 151 cm³/mol. The third-order valence-corrected chi connectivity index (χ3v) is 10.3. The highest BCUT2D eigenvalue weighted by Gasteiger charge is 2.50. The number of likely N-dealkylation sites (tertiary alicyclic amines) is 1. The average Bonchev–Trinajstić information content (AvgIpc) is 3.70. The van der Waals surface area contributed by atoms with E-state index < -0.39 is 11.6 Å². The van der Waals surface area contributed by atoms with Crippen LogP contribution >= 0.6 is 22.7 Å². The number of carbonyl (C=O) groups excluding carboxylic acids is 2. The molecule has 0 bridgehead atoms. The topological polar surface area (TPSA) is 97.5 Å². The van der Waals surface area contributed by atoms with Crippen LogP contribution < -0.4 is 0 Å². The van der Waals surface area contributed by atoms with Crippen molar-refractivity contribution in [1.29, 1.82) is 0 Å². The lowest BCUT2D eigenvalue weighted by atomic mass is 9.62. The Morgan fingerprint density at radius 2 is 1.87 bits per heavy atom. The average molecular weight is 565 g/mol. The van der Waals surface area contributed by atoms with Gasteiger partial charge in [-0.05, 0) is 105 Å². The van der Waals surface area contributed by atoms with Gasteiger partial charge in [0.25, 0.3) is 0 Å². The molecular weight excluding hydrogens is 532 g/mol. The van der Waals surface area contributed by atoms with Gasteiger partial charge in [0.05, 0.1) is 15.3 Å². The molecule has 1 spiro atoms. The van der Waals surface area contributed by atoms with E-state index in [1.165, 1.54) is 22.7 Å². The first-order valence-electron chi connectivity index (χ1n) is 13.5.